The number of rotatable bonds is 5. The number of methoxy groups -OCH3 is 1. The molecule has 132 valence electrons. The van der Waals surface area contributed by atoms with Crippen molar-refractivity contribution in [2.24, 2.45) is 5.73 Å². The Morgan fingerprint density at radius 2 is 1.86 bits per heavy atom. The number of hydrogen-bond donors (Lipinski definition) is 2. The van der Waals surface area contributed by atoms with Crippen molar-refractivity contribution in [1.82, 2.24) is 10.2 Å². The fraction of sp³-hybridized carbons (Fsp3) is 0.933. The highest BCUT2D eigenvalue weighted by atomic mass is 35.5. The van der Waals surface area contributed by atoms with Gasteiger partial charge in [0.05, 0.1) is 12.1 Å². The molecule has 1 aliphatic heterocycles. The lowest BCUT2D eigenvalue weighted by atomic mass is 9.91. The topological polar surface area (TPSA) is 67.6 Å². The largest absolute Gasteiger partial charge is 0.381 e. The Hall–Kier alpha value is -0.0700. The Labute approximate surface area is 146 Å². The van der Waals surface area contributed by atoms with Crippen molar-refractivity contribution in [2.45, 2.75) is 63.1 Å². The monoisotopic (exact) mass is 355 g/mol. The molecule has 0 aromatic carbocycles. The molecule has 2 rings (SSSR count). The first-order valence-electron chi connectivity index (χ1n) is 7.88. The highest BCUT2D eigenvalue weighted by Crippen LogP contribution is 2.36. The van der Waals surface area contributed by atoms with Crippen LogP contribution in [0.3, 0.4) is 0 Å². The minimum Gasteiger partial charge on any atom is -0.381 e. The summed E-state index contributed by atoms with van der Waals surface area (Å²) in [4.78, 5) is 14.3. The maximum absolute atomic E-state index is 11.7. The number of piperidine rings is 1. The van der Waals surface area contributed by atoms with E-state index in [4.69, 9.17) is 10.5 Å². The molecule has 2 fully saturated rings. The summed E-state index contributed by atoms with van der Waals surface area (Å²) in [7, 11) is 1.80. The molecular formula is C15H31Cl2N3O2. The van der Waals surface area contributed by atoms with Gasteiger partial charge < -0.3 is 15.8 Å². The fourth-order valence-electron chi connectivity index (χ4n) is 3.62. The lowest BCUT2D eigenvalue weighted by Crippen LogP contribution is -2.58. The maximum atomic E-state index is 11.7. The minimum absolute atomic E-state index is 0. The number of carbonyl (C=O) groups excluding carboxylic acids is 1. The molecule has 2 aliphatic rings. The zero-order chi connectivity index (χ0) is 14.6. The molecule has 0 bridgehead atoms. The van der Waals surface area contributed by atoms with Crippen LogP contribution in [0.4, 0.5) is 0 Å². The van der Waals surface area contributed by atoms with E-state index in [1.54, 1.807) is 14.0 Å². The number of likely N-dealkylation sites (tertiary alicyclic amines) is 1. The molecule has 1 amide bonds. The van der Waals surface area contributed by atoms with Crippen LogP contribution in [0.25, 0.3) is 0 Å². The number of nitrogens with two attached hydrogens (primary N) is 1. The van der Waals surface area contributed by atoms with Crippen LogP contribution in [0.2, 0.25) is 0 Å². The van der Waals surface area contributed by atoms with E-state index < -0.39 is 6.04 Å². The summed E-state index contributed by atoms with van der Waals surface area (Å²) in [6, 6.07) is -0.423. The summed E-state index contributed by atoms with van der Waals surface area (Å²) >= 11 is 0. The van der Waals surface area contributed by atoms with Crippen molar-refractivity contribution in [2.75, 3.05) is 26.7 Å². The summed E-state index contributed by atoms with van der Waals surface area (Å²) in [5.74, 6) is -0.0388. The third-order valence-corrected chi connectivity index (χ3v) is 4.99. The molecule has 22 heavy (non-hydrogen) atoms. The molecule has 1 saturated heterocycles. The summed E-state index contributed by atoms with van der Waals surface area (Å²) in [5, 5.41) is 3.05. The van der Waals surface area contributed by atoms with Gasteiger partial charge in [0.15, 0.2) is 0 Å². The Kier molecular flexibility index (Phi) is 9.90. The van der Waals surface area contributed by atoms with E-state index in [9.17, 15) is 4.79 Å². The molecule has 0 aromatic rings. The van der Waals surface area contributed by atoms with Gasteiger partial charge in [0.25, 0.3) is 0 Å². The fourth-order valence-corrected chi connectivity index (χ4v) is 3.62. The molecule has 1 saturated carbocycles. The standard InChI is InChI=1S/C15H29N3O2.2ClH/c1-12(16)14(19)17-11-15(7-3-4-8-15)18-9-5-13(20-2)6-10-18;;/h12-13H,3-11,16H2,1-2H3,(H,17,19);2*1H/t12-;;/m1../s1. The number of carbonyl (C=O) groups is 1. The van der Waals surface area contributed by atoms with Crippen molar-refractivity contribution in [3.05, 3.63) is 0 Å². The molecular weight excluding hydrogens is 325 g/mol. The molecule has 1 aliphatic carbocycles. The molecule has 1 atom stereocenters. The van der Waals surface area contributed by atoms with Crippen molar-refractivity contribution < 1.29 is 9.53 Å². The highest BCUT2D eigenvalue weighted by molar-refractivity contribution is 5.85. The third-order valence-electron chi connectivity index (χ3n) is 4.99. The normalized spacial score (nSPS) is 23.2. The Bertz CT molecular complexity index is 329. The van der Waals surface area contributed by atoms with Crippen LogP contribution in [0, 0.1) is 0 Å². The van der Waals surface area contributed by atoms with Crippen molar-refractivity contribution in [3.63, 3.8) is 0 Å². The van der Waals surface area contributed by atoms with E-state index in [2.05, 4.69) is 10.2 Å². The SMILES string of the molecule is COC1CCN(C2(CNC(=O)[C@@H](C)N)CCCC2)CC1.Cl.Cl. The van der Waals surface area contributed by atoms with E-state index in [1.807, 2.05) is 0 Å². The minimum atomic E-state index is -0.423. The number of nitrogens with one attached hydrogen (secondary N) is 1. The summed E-state index contributed by atoms with van der Waals surface area (Å²) < 4.78 is 5.45. The van der Waals surface area contributed by atoms with Crippen LogP contribution < -0.4 is 11.1 Å². The Morgan fingerprint density at radius 1 is 1.32 bits per heavy atom. The predicted octanol–water partition coefficient (Wildman–Crippen LogP) is 1.72. The van der Waals surface area contributed by atoms with Gasteiger partial charge in [-0.25, -0.2) is 0 Å². The second kappa shape index (κ2) is 9.93. The number of nitrogens with zero attached hydrogens (tertiary/aromatic N) is 1. The molecule has 0 radical (unpaired) electrons. The van der Waals surface area contributed by atoms with E-state index in [0.29, 0.717) is 6.10 Å². The predicted molar refractivity (Wildman–Crippen MR) is 94.0 cm³/mol. The van der Waals surface area contributed by atoms with Crippen molar-refractivity contribution >= 4 is 30.7 Å². The molecule has 1 heterocycles. The van der Waals surface area contributed by atoms with E-state index in [0.717, 1.165) is 32.5 Å². The smallest absolute Gasteiger partial charge is 0.236 e. The van der Waals surface area contributed by atoms with Crippen molar-refractivity contribution in [1.29, 1.82) is 0 Å². The second-order valence-electron chi connectivity index (χ2n) is 6.36. The third kappa shape index (κ3) is 5.24. The molecule has 5 nitrogen and oxygen atoms in total. The van der Waals surface area contributed by atoms with Crippen LogP contribution in [-0.2, 0) is 9.53 Å². The molecule has 3 N–H and O–H groups in total. The highest BCUT2D eigenvalue weighted by Gasteiger charge is 2.41. The van der Waals surface area contributed by atoms with Gasteiger partial charge in [-0.1, -0.05) is 12.8 Å². The zero-order valence-electron chi connectivity index (χ0n) is 13.7. The van der Waals surface area contributed by atoms with Crippen LogP contribution in [0.5, 0.6) is 0 Å². The van der Waals surface area contributed by atoms with E-state index in [-0.39, 0.29) is 36.3 Å². The first-order chi connectivity index (χ1) is 9.57. The van der Waals surface area contributed by atoms with Gasteiger partial charge in [0, 0.05) is 32.3 Å². The first kappa shape index (κ1) is 21.9. The van der Waals surface area contributed by atoms with Crippen LogP contribution in [0.1, 0.15) is 45.4 Å². The van der Waals surface area contributed by atoms with Gasteiger partial charge in [-0.15, -0.1) is 24.8 Å². The molecule has 0 spiro atoms. The van der Waals surface area contributed by atoms with Gasteiger partial charge in [-0.05, 0) is 32.6 Å². The first-order valence-corrected chi connectivity index (χ1v) is 7.88. The summed E-state index contributed by atoms with van der Waals surface area (Å²) in [6.07, 6.45) is 7.49. The number of hydrogen-bond acceptors (Lipinski definition) is 4. The lowest BCUT2D eigenvalue weighted by molar-refractivity contribution is -0.122. The van der Waals surface area contributed by atoms with Gasteiger partial charge >= 0.3 is 0 Å². The van der Waals surface area contributed by atoms with E-state index >= 15 is 0 Å². The molecule has 0 unspecified atom stereocenters. The van der Waals surface area contributed by atoms with Gasteiger partial charge in [-0.3, -0.25) is 9.69 Å². The van der Waals surface area contributed by atoms with Crippen LogP contribution in [-0.4, -0.2) is 55.2 Å². The van der Waals surface area contributed by atoms with Crippen LogP contribution in [0.15, 0.2) is 0 Å². The van der Waals surface area contributed by atoms with Crippen LogP contribution >= 0.6 is 24.8 Å². The molecule has 7 heteroatoms. The average molecular weight is 356 g/mol. The number of halogens is 2. The Balaban J connectivity index is 0.00000220. The Morgan fingerprint density at radius 3 is 2.32 bits per heavy atom. The van der Waals surface area contributed by atoms with Gasteiger partial charge in [0.1, 0.15) is 0 Å². The summed E-state index contributed by atoms with van der Waals surface area (Å²) in [6.45, 7) is 4.63. The second-order valence-corrected chi connectivity index (χ2v) is 6.36. The molecule has 0 aromatic heterocycles. The van der Waals surface area contributed by atoms with E-state index in [1.165, 1.54) is 25.7 Å². The quantitative estimate of drug-likeness (QED) is 0.787. The zero-order valence-corrected chi connectivity index (χ0v) is 15.3. The maximum Gasteiger partial charge on any atom is 0.236 e. The van der Waals surface area contributed by atoms with Gasteiger partial charge in [0.2, 0.25) is 5.91 Å². The summed E-state index contributed by atoms with van der Waals surface area (Å²) in [5.41, 5.74) is 5.79. The number of amides is 1. The number of ether oxygens (including phenoxy) is 1. The average Bonchev–Trinajstić information content (AvgIpc) is 2.95. The van der Waals surface area contributed by atoms with Gasteiger partial charge in [-0.2, -0.15) is 0 Å². The van der Waals surface area contributed by atoms with Crippen molar-refractivity contribution in [3.8, 4) is 0 Å². The lowest BCUT2D eigenvalue weighted by Gasteiger charge is -2.45.